The van der Waals surface area contributed by atoms with Crippen LogP contribution < -0.4 is 14.8 Å². The lowest BCUT2D eigenvalue weighted by Gasteiger charge is -2.11. The number of methoxy groups -OCH3 is 2. The molecule has 8 nitrogen and oxygen atoms in total. The highest BCUT2D eigenvalue weighted by molar-refractivity contribution is 5.88. The van der Waals surface area contributed by atoms with Crippen LogP contribution in [-0.2, 0) is 4.74 Å². The van der Waals surface area contributed by atoms with E-state index in [1.807, 2.05) is 0 Å². The normalized spacial score (nSPS) is 9.63. The second-order valence-electron chi connectivity index (χ2n) is 3.33. The molecule has 0 radical (unpaired) electrons. The molecule has 0 aliphatic heterocycles. The van der Waals surface area contributed by atoms with E-state index >= 15 is 0 Å². The third-order valence-electron chi connectivity index (χ3n) is 2.21. The molecule has 104 valence electrons. The Morgan fingerprint density at radius 3 is 2.37 bits per heavy atom. The predicted octanol–water partition coefficient (Wildman–Crippen LogP) is 2.18. The molecule has 0 aliphatic rings. The van der Waals surface area contributed by atoms with Crippen LogP contribution in [0.5, 0.6) is 11.5 Å². The Labute approximate surface area is 109 Å². The van der Waals surface area contributed by atoms with Crippen LogP contribution in [0.3, 0.4) is 0 Å². The van der Waals surface area contributed by atoms with Crippen LogP contribution in [0.2, 0.25) is 0 Å². The zero-order valence-corrected chi connectivity index (χ0v) is 10.8. The van der Waals surface area contributed by atoms with E-state index in [4.69, 9.17) is 9.47 Å². The summed E-state index contributed by atoms with van der Waals surface area (Å²) in [6, 6.07) is 2.47. The Morgan fingerprint density at radius 2 is 1.89 bits per heavy atom. The highest BCUT2D eigenvalue weighted by Gasteiger charge is 2.21. The van der Waals surface area contributed by atoms with E-state index in [9.17, 15) is 14.9 Å². The highest BCUT2D eigenvalue weighted by atomic mass is 16.6. The number of carbonyl (C=O) groups excluding carboxylic acids is 1. The van der Waals surface area contributed by atoms with Crippen molar-refractivity contribution in [3.8, 4) is 11.5 Å². The minimum Gasteiger partial charge on any atom is -0.493 e. The van der Waals surface area contributed by atoms with Gasteiger partial charge in [-0.05, 0) is 6.92 Å². The van der Waals surface area contributed by atoms with Gasteiger partial charge in [0.05, 0.1) is 31.8 Å². The highest BCUT2D eigenvalue weighted by Crippen LogP contribution is 2.37. The molecule has 1 rings (SSSR count). The molecule has 0 atom stereocenters. The summed E-state index contributed by atoms with van der Waals surface area (Å²) in [4.78, 5) is 21.6. The smallest absolute Gasteiger partial charge is 0.411 e. The van der Waals surface area contributed by atoms with Gasteiger partial charge in [-0.15, -0.1) is 0 Å². The van der Waals surface area contributed by atoms with Crippen molar-refractivity contribution in [1.82, 2.24) is 0 Å². The monoisotopic (exact) mass is 270 g/mol. The molecular formula is C11H14N2O6. The Balaban J connectivity index is 3.19. The number of anilines is 1. The molecule has 0 spiro atoms. The molecule has 0 heterocycles. The second kappa shape index (κ2) is 6.43. The summed E-state index contributed by atoms with van der Waals surface area (Å²) in [6.07, 6.45) is -0.780. The molecule has 0 aliphatic carbocycles. The summed E-state index contributed by atoms with van der Waals surface area (Å²) < 4.78 is 14.6. The molecule has 8 heteroatoms. The SMILES string of the molecule is CCOC(=O)Nc1cc(OC)c(OC)cc1[N+](=O)[O-]. The fourth-order valence-corrected chi connectivity index (χ4v) is 1.40. The van der Waals surface area contributed by atoms with Crippen molar-refractivity contribution >= 4 is 17.5 Å². The van der Waals surface area contributed by atoms with Crippen LogP contribution in [0.25, 0.3) is 0 Å². The van der Waals surface area contributed by atoms with E-state index in [1.165, 1.54) is 26.4 Å². The van der Waals surface area contributed by atoms with E-state index in [2.05, 4.69) is 10.1 Å². The molecule has 1 aromatic rings. The summed E-state index contributed by atoms with van der Waals surface area (Å²) in [7, 11) is 2.75. The summed E-state index contributed by atoms with van der Waals surface area (Å²) in [5.74, 6) is 0.462. The lowest BCUT2D eigenvalue weighted by molar-refractivity contribution is -0.384. The van der Waals surface area contributed by atoms with E-state index in [-0.39, 0.29) is 29.5 Å². The predicted molar refractivity (Wildman–Crippen MR) is 66.8 cm³/mol. The first-order valence-electron chi connectivity index (χ1n) is 5.37. The Hall–Kier alpha value is -2.51. The number of amides is 1. The first kappa shape index (κ1) is 14.6. The van der Waals surface area contributed by atoms with Gasteiger partial charge in [-0.1, -0.05) is 0 Å². The third-order valence-corrected chi connectivity index (χ3v) is 2.21. The molecule has 1 amide bonds. The largest absolute Gasteiger partial charge is 0.493 e. The van der Waals surface area contributed by atoms with Crippen molar-refractivity contribution in [3.05, 3.63) is 22.2 Å². The van der Waals surface area contributed by atoms with Gasteiger partial charge in [0.1, 0.15) is 5.69 Å². The summed E-state index contributed by atoms with van der Waals surface area (Å²) in [5, 5.41) is 13.2. The number of rotatable bonds is 5. The fraction of sp³-hybridized carbons (Fsp3) is 0.364. The van der Waals surface area contributed by atoms with E-state index in [0.29, 0.717) is 0 Å². The van der Waals surface area contributed by atoms with Gasteiger partial charge < -0.3 is 14.2 Å². The van der Waals surface area contributed by atoms with Crippen molar-refractivity contribution in [2.75, 3.05) is 26.1 Å². The fourth-order valence-electron chi connectivity index (χ4n) is 1.40. The number of ether oxygens (including phenoxy) is 3. The summed E-state index contributed by atoms with van der Waals surface area (Å²) in [6.45, 7) is 1.79. The Kier molecular flexibility index (Phi) is 4.92. The molecular weight excluding hydrogens is 256 g/mol. The number of nitrogens with zero attached hydrogens (tertiary/aromatic N) is 1. The summed E-state index contributed by atoms with van der Waals surface area (Å²) in [5.41, 5.74) is -0.341. The van der Waals surface area contributed by atoms with Gasteiger partial charge in [-0.25, -0.2) is 4.79 Å². The van der Waals surface area contributed by atoms with Crippen LogP contribution >= 0.6 is 0 Å². The zero-order chi connectivity index (χ0) is 14.4. The van der Waals surface area contributed by atoms with Crippen molar-refractivity contribution in [2.24, 2.45) is 0 Å². The van der Waals surface area contributed by atoms with Crippen LogP contribution in [0, 0.1) is 10.1 Å². The van der Waals surface area contributed by atoms with Crippen LogP contribution in [-0.4, -0.2) is 31.8 Å². The van der Waals surface area contributed by atoms with Crippen LogP contribution in [0.4, 0.5) is 16.2 Å². The van der Waals surface area contributed by atoms with Gasteiger partial charge in [0, 0.05) is 6.07 Å². The molecule has 0 saturated carbocycles. The summed E-state index contributed by atoms with van der Waals surface area (Å²) >= 11 is 0. The number of hydrogen-bond donors (Lipinski definition) is 1. The molecule has 19 heavy (non-hydrogen) atoms. The van der Waals surface area contributed by atoms with Gasteiger partial charge in [-0.3, -0.25) is 15.4 Å². The van der Waals surface area contributed by atoms with E-state index in [0.717, 1.165) is 0 Å². The van der Waals surface area contributed by atoms with Crippen LogP contribution in [0.15, 0.2) is 12.1 Å². The van der Waals surface area contributed by atoms with Crippen molar-refractivity contribution < 1.29 is 23.9 Å². The molecule has 0 aromatic heterocycles. The lowest BCUT2D eigenvalue weighted by Crippen LogP contribution is -2.14. The zero-order valence-electron chi connectivity index (χ0n) is 10.8. The van der Waals surface area contributed by atoms with Crippen molar-refractivity contribution in [2.45, 2.75) is 6.92 Å². The minimum absolute atomic E-state index is 0.0268. The number of nitrogens with one attached hydrogen (secondary N) is 1. The quantitative estimate of drug-likeness (QED) is 0.650. The maximum Gasteiger partial charge on any atom is 0.411 e. The van der Waals surface area contributed by atoms with Crippen LogP contribution in [0.1, 0.15) is 6.92 Å². The maximum atomic E-state index is 11.3. The molecule has 0 saturated heterocycles. The first-order valence-corrected chi connectivity index (χ1v) is 5.37. The van der Waals surface area contributed by atoms with Gasteiger partial charge >= 0.3 is 6.09 Å². The van der Waals surface area contributed by atoms with Gasteiger partial charge in [0.25, 0.3) is 5.69 Å². The maximum absolute atomic E-state index is 11.3. The standard InChI is InChI=1S/C11H14N2O6/c1-4-19-11(14)12-7-5-9(17-2)10(18-3)6-8(7)13(15)16/h5-6H,4H2,1-3H3,(H,12,14). The molecule has 0 bridgehead atoms. The van der Waals surface area contributed by atoms with E-state index < -0.39 is 11.0 Å². The average Bonchev–Trinajstić information content (AvgIpc) is 2.38. The number of hydrogen-bond acceptors (Lipinski definition) is 6. The molecule has 0 fully saturated rings. The second-order valence-corrected chi connectivity index (χ2v) is 3.33. The van der Waals surface area contributed by atoms with Crippen molar-refractivity contribution in [3.63, 3.8) is 0 Å². The number of benzene rings is 1. The van der Waals surface area contributed by atoms with Gasteiger partial charge in [0.15, 0.2) is 11.5 Å². The van der Waals surface area contributed by atoms with E-state index in [1.54, 1.807) is 6.92 Å². The van der Waals surface area contributed by atoms with Gasteiger partial charge in [-0.2, -0.15) is 0 Å². The number of nitro benzene ring substituents is 1. The minimum atomic E-state index is -0.780. The first-order chi connectivity index (χ1) is 9.03. The van der Waals surface area contributed by atoms with Crippen molar-refractivity contribution in [1.29, 1.82) is 0 Å². The molecule has 1 N–H and O–H groups in total. The topological polar surface area (TPSA) is 99.9 Å². The molecule has 1 aromatic carbocycles. The van der Waals surface area contributed by atoms with Gasteiger partial charge in [0.2, 0.25) is 0 Å². The Morgan fingerprint density at radius 1 is 1.32 bits per heavy atom. The number of nitro groups is 1. The average molecular weight is 270 g/mol. The number of carbonyl (C=O) groups is 1. The Bertz CT molecular complexity index is 488. The lowest BCUT2D eigenvalue weighted by atomic mass is 10.2. The molecule has 0 unspecified atom stereocenters. The third kappa shape index (κ3) is 3.47.